The molecule has 0 radical (unpaired) electrons. The Morgan fingerprint density at radius 3 is 2.38 bits per heavy atom. The highest BCUT2D eigenvalue weighted by Gasteiger charge is 2.29. The van der Waals surface area contributed by atoms with Gasteiger partial charge in [-0.1, -0.05) is 18.2 Å². The van der Waals surface area contributed by atoms with Crippen LogP contribution in [0.5, 0.6) is 0 Å². The molecule has 2 rings (SSSR count). The highest BCUT2D eigenvalue weighted by atomic mass is 31.2. The minimum absolute atomic E-state index is 0.527. The van der Waals surface area contributed by atoms with E-state index >= 15 is 0 Å². The molecule has 16 heavy (non-hydrogen) atoms. The number of hydrogen-bond donors (Lipinski definition) is 1. The summed E-state index contributed by atoms with van der Waals surface area (Å²) in [5.41, 5.74) is 2.37. The lowest BCUT2D eigenvalue weighted by Gasteiger charge is -2.12. The van der Waals surface area contributed by atoms with Gasteiger partial charge in [-0.3, -0.25) is 4.57 Å². The maximum Gasteiger partial charge on any atom is 0.377 e. The van der Waals surface area contributed by atoms with Crippen LogP contribution in [0.1, 0.15) is 5.56 Å². The fourth-order valence-corrected chi connectivity index (χ4v) is 3.10. The predicted octanol–water partition coefficient (Wildman–Crippen LogP) is 2.59. The number of para-hydroxylation sites is 1. The van der Waals surface area contributed by atoms with Gasteiger partial charge in [0.15, 0.2) is 0 Å². The SMILES string of the molecule is COP(=O)(OC)c1[nH]c2ccccc2c1C. The molecule has 0 amide bonds. The molecule has 0 bridgehead atoms. The largest absolute Gasteiger partial charge is 0.377 e. The molecule has 0 aliphatic heterocycles. The lowest BCUT2D eigenvalue weighted by molar-refractivity contribution is 0.286. The zero-order chi connectivity index (χ0) is 11.8. The molecule has 1 heterocycles. The monoisotopic (exact) mass is 239 g/mol. The maximum absolute atomic E-state index is 12.3. The summed E-state index contributed by atoms with van der Waals surface area (Å²) in [5.74, 6) is 0. The summed E-state index contributed by atoms with van der Waals surface area (Å²) in [5, 5.41) is 1.03. The third kappa shape index (κ3) is 1.59. The first kappa shape index (κ1) is 11.4. The smallest absolute Gasteiger partial charge is 0.348 e. The first-order chi connectivity index (χ1) is 7.62. The van der Waals surface area contributed by atoms with Crippen LogP contribution in [0.25, 0.3) is 10.9 Å². The summed E-state index contributed by atoms with van der Waals surface area (Å²) < 4.78 is 22.2. The number of rotatable bonds is 3. The molecule has 1 N–H and O–H groups in total. The van der Waals surface area contributed by atoms with Crippen LogP contribution >= 0.6 is 7.60 Å². The van der Waals surface area contributed by atoms with Crippen molar-refractivity contribution in [2.75, 3.05) is 14.2 Å². The Bertz CT molecular complexity index is 553. The lowest BCUT2D eigenvalue weighted by Crippen LogP contribution is -2.11. The van der Waals surface area contributed by atoms with Gasteiger partial charge in [-0.05, 0) is 18.6 Å². The molecular formula is C11H14NO3P. The average molecular weight is 239 g/mol. The molecule has 4 nitrogen and oxygen atoms in total. The third-order valence-electron chi connectivity index (χ3n) is 2.69. The van der Waals surface area contributed by atoms with E-state index in [1.54, 1.807) is 0 Å². The summed E-state index contributed by atoms with van der Waals surface area (Å²) in [7, 11) is -0.431. The number of nitrogens with one attached hydrogen (secondary N) is 1. The predicted molar refractivity (Wildman–Crippen MR) is 64.3 cm³/mol. The lowest BCUT2D eigenvalue weighted by atomic mass is 10.2. The van der Waals surface area contributed by atoms with E-state index in [9.17, 15) is 4.57 Å². The Morgan fingerprint density at radius 2 is 1.81 bits per heavy atom. The van der Waals surface area contributed by atoms with Gasteiger partial charge in [0.1, 0.15) is 5.44 Å². The Kier molecular flexibility index (Phi) is 2.89. The van der Waals surface area contributed by atoms with E-state index in [-0.39, 0.29) is 0 Å². The van der Waals surface area contributed by atoms with E-state index in [4.69, 9.17) is 9.05 Å². The van der Waals surface area contributed by atoms with Gasteiger partial charge in [-0.25, -0.2) is 0 Å². The van der Waals surface area contributed by atoms with Crippen molar-refractivity contribution in [1.82, 2.24) is 4.98 Å². The number of aromatic amines is 1. The Labute approximate surface area is 94.1 Å². The van der Waals surface area contributed by atoms with Gasteiger partial charge in [-0.15, -0.1) is 0 Å². The second kappa shape index (κ2) is 4.06. The Hall–Kier alpha value is -1.09. The normalized spacial score (nSPS) is 12.2. The van der Waals surface area contributed by atoms with Crippen LogP contribution in [0, 0.1) is 6.92 Å². The van der Waals surface area contributed by atoms with Crippen LogP contribution in [-0.2, 0) is 13.6 Å². The molecule has 0 aliphatic rings. The molecule has 5 heteroatoms. The molecule has 0 saturated carbocycles. The van der Waals surface area contributed by atoms with E-state index in [1.165, 1.54) is 14.2 Å². The van der Waals surface area contributed by atoms with E-state index in [1.807, 2.05) is 31.2 Å². The summed E-state index contributed by atoms with van der Waals surface area (Å²) in [6.45, 7) is 1.90. The summed E-state index contributed by atoms with van der Waals surface area (Å²) in [6.07, 6.45) is 0. The van der Waals surface area contributed by atoms with Crippen LogP contribution in [0.3, 0.4) is 0 Å². The van der Waals surface area contributed by atoms with Gasteiger partial charge in [0.25, 0.3) is 0 Å². The van der Waals surface area contributed by atoms with Gasteiger partial charge in [0.2, 0.25) is 0 Å². The number of aromatic nitrogens is 1. The zero-order valence-corrected chi connectivity index (χ0v) is 10.4. The van der Waals surface area contributed by atoms with E-state index < -0.39 is 7.60 Å². The van der Waals surface area contributed by atoms with Crippen molar-refractivity contribution in [3.63, 3.8) is 0 Å². The number of aryl methyl sites for hydroxylation is 1. The van der Waals surface area contributed by atoms with Crippen LogP contribution in [-0.4, -0.2) is 19.2 Å². The van der Waals surface area contributed by atoms with Crippen molar-refractivity contribution >= 4 is 23.9 Å². The third-order valence-corrected chi connectivity index (χ3v) is 4.65. The minimum Gasteiger partial charge on any atom is -0.348 e. The molecule has 0 aliphatic carbocycles. The average Bonchev–Trinajstić information content (AvgIpc) is 2.67. The summed E-state index contributed by atoms with van der Waals surface area (Å²) >= 11 is 0. The summed E-state index contributed by atoms with van der Waals surface area (Å²) in [6, 6.07) is 7.77. The number of hydrogen-bond acceptors (Lipinski definition) is 3. The maximum atomic E-state index is 12.3. The first-order valence-electron chi connectivity index (χ1n) is 4.92. The molecule has 0 saturated heterocycles. The topological polar surface area (TPSA) is 51.3 Å². The van der Waals surface area contributed by atoms with Crippen molar-refractivity contribution in [1.29, 1.82) is 0 Å². The van der Waals surface area contributed by atoms with Crippen molar-refractivity contribution in [3.05, 3.63) is 29.8 Å². The fourth-order valence-electron chi connectivity index (χ4n) is 1.80. The van der Waals surface area contributed by atoms with Gasteiger partial charge >= 0.3 is 7.60 Å². The van der Waals surface area contributed by atoms with Gasteiger partial charge < -0.3 is 14.0 Å². The molecule has 0 fully saturated rings. The Balaban J connectivity index is 2.70. The molecule has 0 unspecified atom stereocenters. The van der Waals surface area contributed by atoms with E-state index in [2.05, 4.69) is 4.98 Å². The zero-order valence-electron chi connectivity index (χ0n) is 9.48. The number of H-pyrrole nitrogens is 1. The fraction of sp³-hybridized carbons (Fsp3) is 0.273. The highest BCUT2D eigenvalue weighted by Crippen LogP contribution is 2.46. The number of fused-ring (bicyclic) bond motifs is 1. The highest BCUT2D eigenvalue weighted by molar-refractivity contribution is 7.62. The molecule has 0 spiro atoms. The second-order valence-corrected chi connectivity index (χ2v) is 5.68. The van der Waals surface area contributed by atoms with E-state index in [0.717, 1.165) is 16.5 Å². The molecule has 0 atom stereocenters. The van der Waals surface area contributed by atoms with Crippen molar-refractivity contribution in [3.8, 4) is 0 Å². The molecule has 2 aromatic rings. The quantitative estimate of drug-likeness (QED) is 0.837. The van der Waals surface area contributed by atoms with Crippen molar-refractivity contribution in [2.45, 2.75) is 6.92 Å². The van der Waals surface area contributed by atoms with Gasteiger partial charge in [0, 0.05) is 25.1 Å². The van der Waals surface area contributed by atoms with Crippen LogP contribution in [0.2, 0.25) is 0 Å². The summed E-state index contributed by atoms with van der Waals surface area (Å²) in [4.78, 5) is 3.09. The van der Waals surface area contributed by atoms with E-state index in [0.29, 0.717) is 5.44 Å². The Morgan fingerprint density at radius 1 is 1.19 bits per heavy atom. The standard InChI is InChI=1S/C11H14NO3P/c1-8-9-6-4-5-7-10(9)12-11(8)16(13,14-2)15-3/h4-7,12H,1-3H3. The van der Waals surface area contributed by atoms with Crippen molar-refractivity contribution < 1.29 is 13.6 Å². The molecular weight excluding hydrogens is 225 g/mol. The molecule has 86 valence electrons. The molecule has 1 aromatic heterocycles. The second-order valence-electron chi connectivity index (χ2n) is 3.51. The van der Waals surface area contributed by atoms with Crippen LogP contribution in [0.15, 0.2) is 24.3 Å². The molecule has 1 aromatic carbocycles. The first-order valence-corrected chi connectivity index (χ1v) is 6.46. The van der Waals surface area contributed by atoms with Crippen LogP contribution < -0.4 is 5.44 Å². The number of benzene rings is 1. The minimum atomic E-state index is -3.20. The van der Waals surface area contributed by atoms with Crippen LogP contribution in [0.4, 0.5) is 0 Å². The van der Waals surface area contributed by atoms with Gasteiger partial charge in [0.05, 0.1) is 0 Å². The van der Waals surface area contributed by atoms with Gasteiger partial charge in [-0.2, -0.15) is 0 Å². The van der Waals surface area contributed by atoms with Crippen molar-refractivity contribution in [2.24, 2.45) is 0 Å².